The second kappa shape index (κ2) is 6.57. The normalized spacial score (nSPS) is 19.6. The molecule has 1 aliphatic rings. The number of carbonyl (C=O) groups excluding carboxylic acids is 1. The molecule has 1 aromatic heterocycles. The van der Waals surface area contributed by atoms with E-state index in [1.54, 1.807) is 6.33 Å². The van der Waals surface area contributed by atoms with Crippen LogP contribution in [0.1, 0.15) is 29.8 Å². The highest BCUT2D eigenvalue weighted by Crippen LogP contribution is 2.26. The lowest BCUT2D eigenvalue weighted by molar-refractivity contribution is -0.0821. The van der Waals surface area contributed by atoms with Gasteiger partial charge in [-0.3, -0.25) is 4.79 Å². The van der Waals surface area contributed by atoms with E-state index in [1.807, 2.05) is 41.3 Å². The van der Waals surface area contributed by atoms with Crippen LogP contribution in [-0.2, 0) is 11.2 Å². The largest absolute Gasteiger partial charge is 0.374 e. The number of rotatable bonds is 3. The number of ether oxygens (including phenoxy) is 1. The van der Waals surface area contributed by atoms with Crippen molar-refractivity contribution < 1.29 is 9.53 Å². The summed E-state index contributed by atoms with van der Waals surface area (Å²) in [5.41, 5.74) is 3.30. The SMILES string of the molecule is CC1(C)COC(Cc2ccccc2)CN1C(=O)c1ccc2nc[nH]c2c1. The van der Waals surface area contributed by atoms with E-state index in [0.717, 1.165) is 17.5 Å². The summed E-state index contributed by atoms with van der Waals surface area (Å²) in [5, 5.41) is 0. The molecule has 0 aliphatic carbocycles. The second-order valence-corrected chi connectivity index (χ2v) is 7.49. The number of aromatic amines is 1. The zero-order chi connectivity index (χ0) is 18.1. The molecule has 4 rings (SSSR count). The monoisotopic (exact) mass is 349 g/mol. The van der Waals surface area contributed by atoms with Gasteiger partial charge in [0.05, 0.1) is 35.6 Å². The fourth-order valence-corrected chi connectivity index (χ4v) is 3.49. The number of nitrogens with zero attached hydrogens (tertiary/aromatic N) is 2. The average molecular weight is 349 g/mol. The van der Waals surface area contributed by atoms with Crippen LogP contribution < -0.4 is 0 Å². The van der Waals surface area contributed by atoms with E-state index in [1.165, 1.54) is 5.56 Å². The van der Waals surface area contributed by atoms with Crippen LogP contribution in [0.25, 0.3) is 11.0 Å². The third-order valence-corrected chi connectivity index (χ3v) is 5.01. The zero-order valence-electron chi connectivity index (χ0n) is 15.1. The van der Waals surface area contributed by atoms with Crippen LogP contribution in [0.5, 0.6) is 0 Å². The smallest absolute Gasteiger partial charge is 0.254 e. The van der Waals surface area contributed by atoms with Gasteiger partial charge >= 0.3 is 0 Å². The third-order valence-electron chi connectivity index (χ3n) is 5.01. The number of H-pyrrole nitrogens is 1. The van der Waals surface area contributed by atoms with Gasteiger partial charge in [-0.2, -0.15) is 0 Å². The fourth-order valence-electron chi connectivity index (χ4n) is 3.49. The first kappa shape index (κ1) is 16.8. The van der Waals surface area contributed by atoms with Crippen molar-refractivity contribution in [1.29, 1.82) is 0 Å². The van der Waals surface area contributed by atoms with Crippen LogP contribution in [0.4, 0.5) is 0 Å². The summed E-state index contributed by atoms with van der Waals surface area (Å²) < 4.78 is 6.06. The summed E-state index contributed by atoms with van der Waals surface area (Å²) in [6, 6.07) is 15.9. The van der Waals surface area contributed by atoms with E-state index in [-0.39, 0.29) is 17.6 Å². The van der Waals surface area contributed by atoms with Gasteiger partial charge in [0.15, 0.2) is 0 Å². The summed E-state index contributed by atoms with van der Waals surface area (Å²) >= 11 is 0. The summed E-state index contributed by atoms with van der Waals surface area (Å²) in [6.45, 7) is 5.22. The van der Waals surface area contributed by atoms with Crippen LogP contribution in [0, 0.1) is 0 Å². The van der Waals surface area contributed by atoms with Gasteiger partial charge in [0.25, 0.3) is 5.91 Å². The standard InChI is InChI=1S/C21H23N3O2/c1-21(2)13-26-17(10-15-6-4-3-5-7-15)12-24(21)20(25)16-8-9-18-19(11-16)23-14-22-18/h3-9,11,14,17H,10,12-13H2,1-2H3,(H,22,23). The molecule has 0 radical (unpaired) electrons. The molecule has 2 aromatic carbocycles. The van der Waals surface area contributed by atoms with Gasteiger partial charge in [-0.25, -0.2) is 4.98 Å². The molecule has 1 fully saturated rings. The number of hydrogen-bond acceptors (Lipinski definition) is 3. The van der Waals surface area contributed by atoms with Crippen molar-refractivity contribution in [2.45, 2.75) is 31.9 Å². The van der Waals surface area contributed by atoms with Crippen molar-refractivity contribution in [3.8, 4) is 0 Å². The van der Waals surface area contributed by atoms with Crippen LogP contribution in [0.15, 0.2) is 54.9 Å². The van der Waals surface area contributed by atoms with E-state index in [0.29, 0.717) is 18.7 Å². The predicted octanol–water partition coefficient (Wildman–Crippen LogP) is 3.43. The lowest BCUT2D eigenvalue weighted by atomic mass is 9.97. The first-order valence-electron chi connectivity index (χ1n) is 8.93. The lowest BCUT2D eigenvalue weighted by Gasteiger charge is -2.45. The van der Waals surface area contributed by atoms with Gasteiger partial charge in [0.1, 0.15) is 0 Å². The lowest BCUT2D eigenvalue weighted by Crippen LogP contribution is -2.58. The molecule has 0 saturated carbocycles. The average Bonchev–Trinajstić information content (AvgIpc) is 3.11. The molecule has 1 amide bonds. The van der Waals surface area contributed by atoms with Gasteiger partial charge in [-0.1, -0.05) is 30.3 Å². The number of amides is 1. The number of aromatic nitrogens is 2. The maximum Gasteiger partial charge on any atom is 0.254 e. The highest BCUT2D eigenvalue weighted by Gasteiger charge is 2.38. The molecule has 1 N–H and O–H groups in total. The molecule has 1 atom stereocenters. The molecule has 1 saturated heterocycles. The molecule has 5 heteroatoms. The first-order valence-corrected chi connectivity index (χ1v) is 8.93. The minimum absolute atomic E-state index is 0.00487. The molecule has 0 bridgehead atoms. The number of nitrogens with one attached hydrogen (secondary N) is 1. The molecule has 1 aliphatic heterocycles. The minimum Gasteiger partial charge on any atom is -0.374 e. The van der Waals surface area contributed by atoms with Crippen LogP contribution in [0.2, 0.25) is 0 Å². The molecular formula is C21H23N3O2. The van der Waals surface area contributed by atoms with Crippen LogP contribution >= 0.6 is 0 Å². The number of fused-ring (bicyclic) bond motifs is 1. The van der Waals surface area contributed by atoms with E-state index >= 15 is 0 Å². The van der Waals surface area contributed by atoms with Gasteiger partial charge in [-0.05, 0) is 37.6 Å². The number of carbonyl (C=O) groups is 1. The Bertz CT molecular complexity index is 917. The predicted molar refractivity (Wildman–Crippen MR) is 101 cm³/mol. The molecule has 5 nitrogen and oxygen atoms in total. The van der Waals surface area contributed by atoms with E-state index in [4.69, 9.17) is 4.74 Å². The van der Waals surface area contributed by atoms with Crippen LogP contribution in [-0.4, -0.2) is 45.6 Å². The Morgan fingerprint density at radius 1 is 1.27 bits per heavy atom. The fraction of sp³-hybridized carbons (Fsp3) is 0.333. The Balaban J connectivity index is 1.56. The van der Waals surface area contributed by atoms with E-state index < -0.39 is 0 Å². The molecule has 134 valence electrons. The highest BCUT2D eigenvalue weighted by atomic mass is 16.5. The van der Waals surface area contributed by atoms with E-state index in [2.05, 4.69) is 35.9 Å². The molecule has 0 spiro atoms. The quantitative estimate of drug-likeness (QED) is 0.788. The van der Waals surface area contributed by atoms with Crippen molar-refractivity contribution in [2.75, 3.05) is 13.2 Å². The molecular weight excluding hydrogens is 326 g/mol. The van der Waals surface area contributed by atoms with Gasteiger partial charge in [-0.15, -0.1) is 0 Å². The first-order chi connectivity index (χ1) is 12.5. The number of imidazole rings is 1. The van der Waals surface area contributed by atoms with E-state index in [9.17, 15) is 4.79 Å². The van der Waals surface area contributed by atoms with Crippen molar-refractivity contribution in [3.05, 3.63) is 66.0 Å². The second-order valence-electron chi connectivity index (χ2n) is 7.49. The highest BCUT2D eigenvalue weighted by molar-refractivity contribution is 5.97. The Hall–Kier alpha value is -2.66. The molecule has 1 unspecified atom stereocenters. The van der Waals surface area contributed by atoms with Gasteiger partial charge in [0, 0.05) is 18.5 Å². The molecule has 3 aromatic rings. The Kier molecular flexibility index (Phi) is 4.24. The number of benzene rings is 2. The Morgan fingerprint density at radius 3 is 2.88 bits per heavy atom. The third kappa shape index (κ3) is 3.22. The maximum absolute atomic E-state index is 13.2. The summed E-state index contributed by atoms with van der Waals surface area (Å²) in [4.78, 5) is 22.5. The van der Waals surface area contributed by atoms with Crippen molar-refractivity contribution >= 4 is 16.9 Å². The summed E-state index contributed by atoms with van der Waals surface area (Å²) in [7, 11) is 0. The number of morpholine rings is 1. The number of hydrogen-bond donors (Lipinski definition) is 1. The van der Waals surface area contributed by atoms with Crippen molar-refractivity contribution in [3.63, 3.8) is 0 Å². The summed E-state index contributed by atoms with van der Waals surface area (Å²) in [5.74, 6) is 0.0351. The van der Waals surface area contributed by atoms with Crippen molar-refractivity contribution in [2.24, 2.45) is 0 Å². The Morgan fingerprint density at radius 2 is 2.08 bits per heavy atom. The van der Waals surface area contributed by atoms with Gasteiger partial charge < -0.3 is 14.6 Å². The Labute approximate surface area is 153 Å². The van der Waals surface area contributed by atoms with Gasteiger partial charge in [0.2, 0.25) is 0 Å². The van der Waals surface area contributed by atoms with Crippen molar-refractivity contribution in [1.82, 2.24) is 14.9 Å². The molecule has 26 heavy (non-hydrogen) atoms. The summed E-state index contributed by atoms with van der Waals surface area (Å²) in [6.07, 6.45) is 2.46. The topological polar surface area (TPSA) is 58.2 Å². The zero-order valence-corrected chi connectivity index (χ0v) is 15.1. The molecule has 2 heterocycles. The minimum atomic E-state index is -0.340. The maximum atomic E-state index is 13.2. The van der Waals surface area contributed by atoms with Crippen LogP contribution in [0.3, 0.4) is 0 Å².